The minimum Gasteiger partial charge on any atom is -0.347 e. The van der Waals surface area contributed by atoms with Crippen LogP contribution in [0.25, 0.3) is 0 Å². The Morgan fingerprint density at radius 1 is 1.70 bits per heavy atom. The molecule has 3 heteroatoms. The number of H-pyrrole nitrogens is 1. The maximum absolute atomic E-state index is 4.21. The van der Waals surface area contributed by atoms with E-state index in [1.54, 1.807) is 6.33 Å². The van der Waals surface area contributed by atoms with Crippen LogP contribution < -0.4 is 5.32 Å². The molecule has 1 aromatic rings. The molecule has 0 saturated heterocycles. The summed E-state index contributed by atoms with van der Waals surface area (Å²) in [4.78, 5) is 7.32. The molecule has 0 aromatic carbocycles. The number of rotatable bonds is 0. The summed E-state index contributed by atoms with van der Waals surface area (Å²) >= 11 is 0. The first-order chi connectivity index (χ1) is 4.86. The van der Waals surface area contributed by atoms with Gasteiger partial charge in [0.2, 0.25) is 0 Å². The van der Waals surface area contributed by atoms with Crippen molar-refractivity contribution in [3.05, 3.63) is 17.7 Å². The largest absolute Gasteiger partial charge is 0.347 e. The van der Waals surface area contributed by atoms with Gasteiger partial charge in [0.15, 0.2) is 0 Å². The number of aromatic nitrogens is 2. The highest BCUT2D eigenvalue weighted by atomic mass is 15.0. The van der Waals surface area contributed by atoms with Crippen molar-refractivity contribution in [1.82, 2.24) is 15.3 Å². The molecule has 3 nitrogen and oxygen atoms in total. The van der Waals surface area contributed by atoms with Crippen LogP contribution in [0.2, 0.25) is 0 Å². The van der Waals surface area contributed by atoms with E-state index in [2.05, 4.69) is 22.2 Å². The third-order valence-corrected chi connectivity index (χ3v) is 1.93. The van der Waals surface area contributed by atoms with Crippen LogP contribution in [0.3, 0.4) is 0 Å². The van der Waals surface area contributed by atoms with E-state index in [9.17, 15) is 0 Å². The van der Waals surface area contributed by atoms with E-state index in [0.717, 1.165) is 13.0 Å². The predicted octanol–water partition coefficient (Wildman–Crippen LogP) is 0.444. The number of hydrogen-bond donors (Lipinski definition) is 2. The van der Waals surface area contributed by atoms with E-state index in [-0.39, 0.29) is 0 Å². The monoisotopic (exact) mass is 137 g/mol. The molecule has 0 aliphatic carbocycles. The molecule has 1 aliphatic heterocycles. The predicted molar refractivity (Wildman–Crippen MR) is 38.6 cm³/mol. The van der Waals surface area contributed by atoms with E-state index in [1.165, 1.54) is 11.4 Å². The van der Waals surface area contributed by atoms with Gasteiger partial charge in [0.05, 0.1) is 17.7 Å². The Hall–Kier alpha value is -0.830. The van der Waals surface area contributed by atoms with Crippen LogP contribution in [0, 0.1) is 0 Å². The molecule has 1 atom stereocenters. The minimum atomic E-state index is 0.579. The standard InChI is InChI=1S/C7H11N3/c1-5-2-6-7(3-8-5)10-4-9-6/h4-5,8H,2-3H2,1H3,(H,9,10)/t5-/m1/s1. The third kappa shape index (κ3) is 0.827. The van der Waals surface area contributed by atoms with Crippen LogP contribution in [0.4, 0.5) is 0 Å². The van der Waals surface area contributed by atoms with Crippen molar-refractivity contribution in [2.45, 2.75) is 25.9 Å². The summed E-state index contributed by atoms with van der Waals surface area (Å²) in [7, 11) is 0. The minimum absolute atomic E-state index is 0.579. The van der Waals surface area contributed by atoms with Gasteiger partial charge in [-0.05, 0) is 6.92 Å². The molecule has 1 aliphatic rings. The molecular weight excluding hydrogens is 126 g/mol. The fraction of sp³-hybridized carbons (Fsp3) is 0.571. The quantitative estimate of drug-likeness (QED) is 0.545. The number of aromatic amines is 1. The maximum atomic E-state index is 4.21. The van der Waals surface area contributed by atoms with Crippen LogP contribution in [-0.4, -0.2) is 16.0 Å². The summed E-state index contributed by atoms with van der Waals surface area (Å²) in [5.74, 6) is 0. The van der Waals surface area contributed by atoms with Crippen molar-refractivity contribution < 1.29 is 0 Å². The smallest absolute Gasteiger partial charge is 0.0925 e. The van der Waals surface area contributed by atoms with Crippen molar-refractivity contribution in [3.8, 4) is 0 Å². The van der Waals surface area contributed by atoms with Gasteiger partial charge in [-0.3, -0.25) is 0 Å². The van der Waals surface area contributed by atoms with Crippen LogP contribution >= 0.6 is 0 Å². The highest BCUT2D eigenvalue weighted by Crippen LogP contribution is 2.10. The molecule has 0 fully saturated rings. The lowest BCUT2D eigenvalue weighted by Crippen LogP contribution is -2.32. The Labute approximate surface area is 59.9 Å². The Morgan fingerprint density at radius 2 is 2.60 bits per heavy atom. The molecule has 0 spiro atoms. The van der Waals surface area contributed by atoms with E-state index in [0.29, 0.717) is 6.04 Å². The van der Waals surface area contributed by atoms with Gasteiger partial charge in [0.25, 0.3) is 0 Å². The van der Waals surface area contributed by atoms with Crippen LogP contribution in [-0.2, 0) is 13.0 Å². The lowest BCUT2D eigenvalue weighted by molar-refractivity contribution is 0.503. The normalized spacial score (nSPS) is 24.3. The summed E-state index contributed by atoms with van der Waals surface area (Å²) in [6, 6.07) is 0.579. The summed E-state index contributed by atoms with van der Waals surface area (Å²) in [6.45, 7) is 3.12. The average molecular weight is 137 g/mol. The highest BCUT2D eigenvalue weighted by molar-refractivity contribution is 5.15. The number of hydrogen-bond acceptors (Lipinski definition) is 2. The second-order valence-electron chi connectivity index (χ2n) is 2.81. The molecular formula is C7H11N3. The van der Waals surface area contributed by atoms with E-state index >= 15 is 0 Å². The zero-order chi connectivity index (χ0) is 6.97. The van der Waals surface area contributed by atoms with E-state index in [1.807, 2.05) is 0 Å². The van der Waals surface area contributed by atoms with Crippen molar-refractivity contribution in [2.75, 3.05) is 0 Å². The van der Waals surface area contributed by atoms with Crippen LogP contribution in [0.15, 0.2) is 6.33 Å². The fourth-order valence-corrected chi connectivity index (χ4v) is 1.32. The lowest BCUT2D eigenvalue weighted by Gasteiger charge is -2.18. The van der Waals surface area contributed by atoms with Crippen LogP contribution in [0.1, 0.15) is 18.3 Å². The topological polar surface area (TPSA) is 40.7 Å². The fourth-order valence-electron chi connectivity index (χ4n) is 1.32. The van der Waals surface area contributed by atoms with Crippen LogP contribution in [0.5, 0.6) is 0 Å². The van der Waals surface area contributed by atoms with Gasteiger partial charge >= 0.3 is 0 Å². The molecule has 1 aromatic heterocycles. The molecule has 0 radical (unpaired) electrons. The van der Waals surface area contributed by atoms with Gasteiger partial charge < -0.3 is 10.3 Å². The van der Waals surface area contributed by atoms with Gasteiger partial charge in [-0.25, -0.2) is 4.98 Å². The van der Waals surface area contributed by atoms with Crippen molar-refractivity contribution in [1.29, 1.82) is 0 Å². The van der Waals surface area contributed by atoms with Gasteiger partial charge in [0, 0.05) is 19.0 Å². The first kappa shape index (κ1) is 5.92. The van der Waals surface area contributed by atoms with Crippen molar-refractivity contribution in [3.63, 3.8) is 0 Å². The van der Waals surface area contributed by atoms with Gasteiger partial charge in [-0.15, -0.1) is 0 Å². The summed E-state index contributed by atoms with van der Waals surface area (Å²) in [6.07, 6.45) is 2.82. The molecule has 2 rings (SSSR count). The number of imidazole rings is 1. The second kappa shape index (κ2) is 2.09. The maximum Gasteiger partial charge on any atom is 0.0925 e. The number of nitrogens with zero attached hydrogens (tertiary/aromatic N) is 1. The third-order valence-electron chi connectivity index (χ3n) is 1.93. The molecule has 0 unspecified atom stereocenters. The molecule has 2 heterocycles. The SMILES string of the molecule is C[C@@H]1Cc2nc[nH]c2CN1. The van der Waals surface area contributed by atoms with Gasteiger partial charge in [-0.1, -0.05) is 0 Å². The average Bonchev–Trinajstić information content (AvgIpc) is 2.33. The van der Waals surface area contributed by atoms with Gasteiger partial charge in [0.1, 0.15) is 0 Å². The molecule has 0 saturated carbocycles. The van der Waals surface area contributed by atoms with Gasteiger partial charge in [-0.2, -0.15) is 0 Å². The number of nitrogens with one attached hydrogen (secondary N) is 2. The zero-order valence-corrected chi connectivity index (χ0v) is 6.02. The lowest BCUT2D eigenvalue weighted by atomic mass is 10.1. The summed E-state index contributed by atoms with van der Waals surface area (Å²) < 4.78 is 0. The molecule has 2 N–H and O–H groups in total. The first-order valence-electron chi connectivity index (χ1n) is 3.61. The summed E-state index contributed by atoms with van der Waals surface area (Å²) in [5.41, 5.74) is 2.48. The van der Waals surface area contributed by atoms with E-state index < -0.39 is 0 Å². The Morgan fingerprint density at radius 3 is 3.50 bits per heavy atom. The van der Waals surface area contributed by atoms with E-state index in [4.69, 9.17) is 0 Å². The van der Waals surface area contributed by atoms with Crippen molar-refractivity contribution in [2.24, 2.45) is 0 Å². The Balaban J connectivity index is 2.30. The first-order valence-corrected chi connectivity index (χ1v) is 3.61. The number of fused-ring (bicyclic) bond motifs is 1. The molecule has 10 heavy (non-hydrogen) atoms. The second-order valence-corrected chi connectivity index (χ2v) is 2.81. The summed E-state index contributed by atoms with van der Waals surface area (Å²) in [5, 5.41) is 3.35. The highest BCUT2D eigenvalue weighted by Gasteiger charge is 2.15. The Kier molecular flexibility index (Phi) is 1.24. The Bertz CT molecular complexity index is 229. The zero-order valence-electron chi connectivity index (χ0n) is 6.02. The molecule has 54 valence electrons. The van der Waals surface area contributed by atoms with Crippen molar-refractivity contribution >= 4 is 0 Å². The molecule has 0 bridgehead atoms. The molecule has 0 amide bonds.